The van der Waals surface area contributed by atoms with Gasteiger partial charge in [-0.2, -0.15) is 0 Å². The predicted octanol–water partition coefficient (Wildman–Crippen LogP) is 3.45. The SMILES string of the molecule is CCc1cnc2cccc(Cl)c2c1. The van der Waals surface area contributed by atoms with Crippen LogP contribution >= 0.6 is 11.6 Å². The maximum atomic E-state index is 6.05. The third-order valence-corrected chi connectivity index (χ3v) is 2.47. The van der Waals surface area contributed by atoms with Gasteiger partial charge in [-0.25, -0.2) is 0 Å². The van der Waals surface area contributed by atoms with Gasteiger partial charge in [-0.1, -0.05) is 24.6 Å². The zero-order valence-electron chi connectivity index (χ0n) is 7.42. The van der Waals surface area contributed by atoms with Crippen molar-refractivity contribution >= 4 is 22.5 Å². The van der Waals surface area contributed by atoms with E-state index in [1.54, 1.807) is 0 Å². The van der Waals surface area contributed by atoms with E-state index in [1.807, 2.05) is 24.4 Å². The smallest absolute Gasteiger partial charge is 0.0717 e. The number of nitrogens with zero attached hydrogens (tertiary/aromatic N) is 1. The lowest BCUT2D eigenvalue weighted by Crippen LogP contribution is -1.84. The third-order valence-electron chi connectivity index (χ3n) is 2.14. The summed E-state index contributed by atoms with van der Waals surface area (Å²) >= 11 is 6.05. The summed E-state index contributed by atoms with van der Waals surface area (Å²) in [5, 5.41) is 1.82. The number of fused-ring (bicyclic) bond motifs is 1. The van der Waals surface area contributed by atoms with Gasteiger partial charge in [-0.3, -0.25) is 4.98 Å². The first-order valence-electron chi connectivity index (χ1n) is 4.34. The molecule has 0 aliphatic carbocycles. The maximum Gasteiger partial charge on any atom is 0.0717 e. The maximum absolute atomic E-state index is 6.05. The molecule has 1 nitrogen and oxygen atoms in total. The minimum atomic E-state index is 0.778. The largest absolute Gasteiger partial charge is 0.256 e. The first kappa shape index (κ1) is 8.52. The van der Waals surface area contributed by atoms with Gasteiger partial charge in [0.05, 0.1) is 5.52 Å². The number of rotatable bonds is 1. The zero-order chi connectivity index (χ0) is 9.26. The highest BCUT2D eigenvalue weighted by Gasteiger charge is 1.99. The van der Waals surface area contributed by atoms with Gasteiger partial charge >= 0.3 is 0 Å². The highest BCUT2D eigenvalue weighted by atomic mass is 35.5. The van der Waals surface area contributed by atoms with Crippen molar-refractivity contribution < 1.29 is 0 Å². The number of halogens is 1. The monoisotopic (exact) mass is 191 g/mol. The van der Waals surface area contributed by atoms with E-state index in [-0.39, 0.29) is 0 Å². The van der Waals surface area contributed by atoms with E-state index in [0.717, 1.165) is 22.3 Å². The molecule has 0 radical (unpaired) electrons. The highest BCUT2D eigenvalue weighted by Crippen LogP contribution is 2.22. The average Bonchev–Trinajstić information content (AvgIpc) is 2.18. The topological polar surface area (TPSA) is 12.9 Å². The molecule has 1 aromatic carbocycles. The van der Waals surface area contributed by atoms with Gasteiger partial charge in [-0.05, 0) is 30.2 Å². The summed E-state index contributed by atoms with van der Waals surface area (Å²) in [5.74, 6) is 0. The summed E-state index contributed by atoms with van der Waals surface area (Å²) in [6, 6.07) is 7.89. The Morgan fingerprint density at radius 1 is 1.38 bits per heavy atom. The van der Waals surface area contributed by atoms with Gasteiger partial charge in [-0.15, -0.1) is 0 Å². The van der Waals surface area contributed by atoms with E-state index in [0.29, 0.717) is 0 Å². The molecule has 1 heterocycles. The van der Waals surface area contributed by atoms with Crippen molar-refractivity contribution in [2.45, 2.75) is 13.3 Å². The Labute approximate surface area is 82.4 Å². The van der Waals surface area contributed by atoms with Crippen LogP contribution in [-0.2, 0) is 6.42 Å². The molecule has 0 atom stereocenters. The Kier molecular flexibility index (Phi) is 2.19. The molecule has 0 saturated carbocycles. The van der Waals surface area contributed by atoms with Crippen LogP contribution in [0.4, 0.5) is 0 Å². The summed E-state index contributed by atoms with van der Waals surface area (Å²) in [7, 11) is 0. The van der Waals surface area contributed by atoms with Crippen LogP contribution < -0.4 is 0 Å². The van der Waals surface area contributed by atoms with Crippen molar-refractivity contribution in [3.8, 4) is 0 Å². The lowest BCUT2D eigenvalue weighted by Gasteiger charge is -2.01. The zero-order valence-corrected chi connectivity index (χ0v) is 8.17. The van der Waals surface area contributed by atoms with Crippen LogP contribution in [-0.4, -0.2) is 4.98 Å². The minimum Gasteiger partial charge on any atom is -0.256 e. The van der Waals surface area contributed by atoms with E-state index in [4.69, 9.17) is 11.6 Å². The Morgan fingerprint density at radius 3 is 3.00 bits per heavy atom. The van der Waals surface area contributed by atoms with Gasteiger partial charge < -0.3 is 0 Å². The number of aryl methyl sites for hydroxylation is 1. The molecule has 2 rings (SSSR count). The molecule has 0 fully saturated rings. The first-order chi connectivity index (χ1) is 6.31. The van der Waals surface area contributed by atoms with Gasteiger partial charge in [0.2, 0.25) is 0 Å². The number of hydrogen-bond donors (Lipinski definition) is 0. The standard InChI is InChI=1S/C11H10ClN/c1-2-8-6-9-10(12)4-3-5-11(9)13-7-8/h3-7H,2H2,1H3. The van der Waals surface area contributed by atoms with Crippen LogP contribution in [0, 0.1) is 0 Å². The molecule has 0 aliphatic heterocycles. The Balaban J connectivity index is 2.74. The van der Waals surface area contributed by atoms with Crippen LogP contribution in [0.2, 0.25) is 5.02 Å². The fraction of sp³-hybridized carbons (Fsp3) is 0.182. The number of aromatic nitrogens is 1. The summed E-state index contributed by atoms with van der Waals surface area (Å²) in [5.41, 5.74) is 2.19. The van der Waals surface area contributed by atoms with E-state index in [2.05, 4.69) is 18.0 Å². The van der Waals surface area contributed by atoms with Crippen molar-refractivity contribution in [3.05, 3.63) is 41.0 Å². The summed E-state index contributed by atoms with van der Waals surface area (Å²) in [6.07, 6.45) is 2.90. The van der Waals surface area contributed by atoms with Gasteiger partial charge in [0.1, 0.15) is 0 Å². The molecule has 0 unspecified atom stereocenters. The van der Waals surface area contributed by atoms with E-state index >= 15 is 0 Å². The van der Waals surface area contributed by atoms with Crippen LogP contribution in [0.5, 0.6) is 0 Å². The van der Waals surface area contributed by atoms with Crippen molar-refractivity contribution in [2.24, 2.45) is 0 Å². The second kappa shape index (κ2) is 3.35. The number of hydrogen-bond acceptors (Lipinski definition) is 1. The highest BCUT2D eigenvalue weighted by molar-refractivity contribution is 6.35. The molecule has 0 N–H and O–H groups in total. The Hall–Kier alpha value is -1.08. The molecule has 0 bridgehead atoms. The average molecular weight is 192 g/mol. The van der Waals surface area contributed by atoms with Crippen molar-refractivity contribution in [2.75, 3.05) is 0 Å². The van der Waals surface area contributed by atoms with Crippen LogP contribution in [0.25, 0.3) is 10.9 Å². The normalized spacial score (nSPS) is 10.6. The summed E-state index contributed by atoms with van der Waals surface area (Å²) in [6.45, 7) is 2.11. The summed E-state index contributed by atoms with van der Waals surface area (Å²) in [4.78, 5) is 4.33. The quantitative estimate of drug-likeness (QED) is 0.673. The van der Waals surface area contributed by atoms with Crippen molar-refractivity contribution in [3.63, 3.8) is 0 Å². The predicted molar refractivity (Wildman–Crippen MR) is 56.1 cm³/mol. The molecule has 2 heteroatoms. The van der Waals surface area contributed by atoms with Crippen molar-refractivity contribution in [1.82, 2.24) is 4.98 Å². The minimum absolute atomic E-state index is 0.778. The molecule has 0 spiro atoms. The molecule has 0 saturated heterocycles. The fourth-order valence-corrected chi connectivity index (χ4v) is 1.57. The van der Waals surface area contributed by atoms with Crippen LogP contribution in [0.1, 0.15) is 12.5 Å². The van der Waals surface area contributed by atoms with Crippen molar-refractivity contribution in [1.29, 1.82) is 0 Å². The molecule has 13 heavy (non-hydrogen) atoms. The third kappa shape index (κ3) is 1.52. The first-order valence-corrected chi connectivity index (χ1v) is 4.72. The molecule has 0 amide bonds. The fourth-order valence-electron chi connectivity index (χ4n) is 1.35. The molecule has 2 aromatic rings. The van der Waals surface area contributed by atoms with Gasteiger partial charge in [0, 0.05) is 16.6 Å². The van der Waals surface area contributed by atoms with E-state index in [9.17, 15) is 0 Å². The molecule has 66 valence electrons. The lowest BCUT2D eigenvalue weighted by atomic mass is 10.1. The lowest BCUT2D eigenvalue weighted by molar-refractivity contribution is 1.12. The number of benzene rings is 1. The van der Waals surface area contributed by atoms with Crippen LogP contribution in [0.15, 0.2) is 30.5 Å². The molecule has 1 aromatic heterocycles. The second-order valence-corrected chi connectivity index (χ2v) is 3.41. The van der Waals surface area contributed by atoms with Gasteiger partial charge in [0.15, 0.2) is 0 Å². The Bertz CT molecular complexity index is 437. The Morgan fingerprint density at radius 2 is 2.23 bits per heavy atom. The molecular formula is C11H10ClN. The van der Waals surface area contributed by atoms with Gasteiger partial charge in [0.25, 0.3) is 0 Å². The summed E-state index contributed by atoms with van der Waals surface area (Å²) < 4.78 is 0. The molecule has 0 aliphatic rings. The second-order valence-electron chi connectivity index (χ2n) is 3.00. The number of pyridine rings is 1. The molecular weight excluding hydrogens is 182 g/mol. The van der Waals surface area contributed by atoms with E-state index < -0.39 is 0 Å². The van der Waals surface area contributed by atoms with E-state index in [1.165, 1.54) is 5.56 Å². The van der Waals surface area contributed by atoms with Crippen LogP contribution in [0.3, 0.4) is 0 Å².